The maximum atomic E-state index is 9.63. The Labute approximate surface area is 151 Å². The van der Waals surface area contributed by atoms with Crippen molar-refractivity contribution in [1.82, 2.24) is 9.38 Å². The van der Waals surface area contributed by atoms with Crippen LogP contribution in [0.2, 0.25) is 5.02 Å². The SMILES string of the molecule is CC(O)c1ccc(-c2ccc3nc(-c4ccc(Cl)cc4)cn3c2)cc1. The van der Waals surface area contributed by atoms with E-state index in [1.54, 1.807) is 6.92 Å². The Hall–Kier alpha value is -2.62. The van der Waals surface area contributed by atoms with Crippen molar-refractivity contribution in [1.29, 1.82) is 0 Å². The van der Waals surface area contributed by atoms with E-state index < -0.39 is 6.10 Å². The third kappa shape index (κ3) is 3.16. The first-order chi connectivity index (χ1) is 12.1. The van der Waals surface area contributed by atoms with Crippen molar-refractivity contribution < 1.29 is 5.11 Å². The Morgan fingerprint density at radius 1 is 0.840 bits per heavy atom. The van der Waals surface area contributed by atoms with E-state index in [9.17, 15) is 5.11 Å². The van der Waals surface area contributed by atoms with Gasteiger partial charge in [0.2, 0.25) is 0 Å². The van der Waals surface area contributed by atoms with Crippen molar-refractivity contribution >= 4 is 17.2 Å². The quantitative estimate of drug-likeness (QED) is 0.540. The van der Waals surface area contributed by atoms with Crippen LogP contribution in [0.1, 0.15) is 18.6 Å². The first-order valence-electron chi connectivity index (χ1n) is 8.13. The van der Waals surface area contributed by atoms with Gasteiger partial charge in [0, 0.05) is 23.0 Å². The molecule has 0 amide bonds. The summed E-state index contributed by atoms with van der Waals surface area (Å²) in [5.74, 6) is 0. The van der Waals surface area contributed by atoms with Gasteiger partial charge in [0.15, 0.2) is 0 Å². The number of fused-ring (bicyclic) bond motifs is 1. The van der Waals surface area contributed by atoms with Gasteiger partial charge < -0.3 is 9.51 Å². The summed E-state index contributed by atoms with van der Waals surface area (Å²) < 4.78 is 2.03. The Morgan fingerprint density at radius 2 is 1.48 bits per heavy atom. The fourth-order valence-electron chi connectivity index (χ4n) is 2.88. The van der Waals surface area contributed by atoms with Crippen LogP contribution < -0.4 is 0 Å². The van der Waals surface area contributed by atoms with Crippen LogP contribution in [0, 0.1) is 0 Å². The van der Waals surface area contributed by atoms with E-state index in [0.717, 1.165) is 38.6 Å². The van der Waals surface area contributed by atoms with E-state index in [1.165, 1.54) is 0 Å². The Kier molecular flexibility index (Phi) is 4.04. The molecule has 25 heavy (non-hydrogen) atoms. The second kappa shape index (κ2) is 6.36. The van der Waals surface area contributed by atoms with Gasteiger partial charge in [-0.05, 0) is 47.9 Å². The number of hydrogen-bond donors (Lipinski definition) is 1. The zero-order valence-corrected chi connectivity index (χ0v) is 14.5. The average Bonchev–Trinajstić information content (AvgIpc) is 3.05. The Morgan fingerprint density at radius 3 is 2.16 bits per heavy atom. The molecule has 1 N–H and O–H groups in total. The van der Waals surface area contributed by atoms with E-state index in [0.29, 0.717) is 0 Å². The summed E-state index contributed by atoms with van der Waals surface area (Å²) in [7, 11) is 0. The molecule has 4 rings (SSSR count). The molecule has 0 fully saturated rings. The minimum atomic E-state index is -0.452. The van der Waals surface area contributed by atoms with E-state index >= 15 is 0 Å². The predicted octanol–water partition coefficient (Wildman–Crippen LogP) is 5.38. The molecular formula is C21H17ClN2O. The lowest BCUT2D eigenvalue weighted by Crippen LogP contribution is -1.90. The third-order valence-electron chi connectivity index (χ3n) is 4.32. The number of aliphatic hydroxyl groups excluding tert-OH is 1. The fraction of sp³-hybridized carbons (Fsp3) is 0.0952. The zero-order valence-electron chi connectivity index (χ0n) is 13.7. The van der Waals surface area contributed by atoms with Crippen LogP contribution in [-0.4, -0.2) is 14.5 Å². The molecule has 124 valence electrons. The molecule has 0 aliphatic carbocycles. The van der Waals surface area contributed by atoms with E-state index in [-0.39, 0.29) is 0 Å². The van der Waals surface area contributed by atoms with Crippen molar-refractivity contribution in [3.63, 3.8) is 0 Å². The molecule has 0 saturated heterocycles. The zero-order chi connectivity index (χ0) is 17.4. The molecule has 2 heterocycles. The van der Waals surface area contributed by atoms with Crippen LogP contribution in [0.3, 0.4) is 0 Å². The molecule has 1 unspecified atom stereocenters. The fourth-order valence-corrected chi connectivity index (χ4v) is 3.00. The molecule has 3 nitrogen and oxygen atoms in total. The number of aliphatic hydroxyl groups is 1. The van der Waals surface area contributed by atoms with Crippen molar-refractivity contribution in [2.24, 2.45) is 0 Å². The summed E-state index contributed by atoms with van der Waals surface area (Å²) in [5.41, 5.74) is 5.97. The lowest BCUT2D eigenvalue weighted by atomic mass is 10.0. The molecule has 0 radical (unpaired) electrons. The minimum absolute atomic E-state index is 0.452. The number of aromatic nitrogens is 2. The summed E-state index contributed by atoms with van der Waals surface area (Å²) in [6, 6.07) is 19.7. The van der Waals surface area contributed by atoms with Gasteiger partial charge in [-0.2, -0.15) is 0 Å². The van der Waals surface area contributed by atoms with Gasteiger partial charge in [-0.15, -0.1) is 0 Å². The number of rotatable bonds is 3. The summed E-state index contributed by atoms with van der Waals surface area (Å²) in [4.78, 5) is 4.67. The van der Waals surface area contributed by atoms with Gasteiger partial charge in [-0.1, -0.05) is 48.0 Å². The monoisotopic (exact) mass is 348 g/mol. The molecule has 0 aliphatic heterocycles. The van der Waals surface area contributed by atoms with Crippen LogP contribution in [0.5, 0.6) is 0 Å². The second-order valence-electron chi connectivity index (χ2n) is 6.11. The predicted molar refractivity (Wildman–Crippen MR) is 102 cm³/mol. The largest absolute Gasteiger partial charge is 0.389 e. The van der Waals surface area contributed by atoms with Crippen LogP contribution in [0.25, 0.3) is 28.0 Å². The molecular weight excluding hydrogens is 332 g/mol. The van der Waals surface area contributed by atoms with Gasteiger partial charge in [0.25, 0.3) is 0 Å². The molecule has 4 heteroatoms. The number of imidazole rings is 1. The van der Waals surface area contributed by atoms with Gasteiger partial charge in [0.05, 0.1) is 11.8 Å². The van der Waals surface area contributed by atoms with Crippen molar-refractivity contribution in [3.8, 4) is 22.4 Å². The first-order valence-corrected chi connectivity index (χ1v) is 8.51. The molecule has 0 bridgehead atoms. The highest BCUT2D eigenvalue weighted by atomic mass is 35.5. The molecule has 2 aromatic heterocycles. The average molecular weight is 349 g/mol. The van der Waals surface area contributed by atoms with E-state index in [2.05, 4.69) is 17.2 Å². The van der Waals surface area contributed by atoms with Gasteiger partial charge in [0.1, 0.15) is 5.65 Å². The highest BCUT2D eigenvalue weighted by molar-refractivity contribution is 6.30. The summed E-state index contributed by atoms with van der Waals surface area (Å²) >= 11 is 5.96. The molecule has 0 aliphatic rings. The highest BCUT2D eigenvalue weighted by Crippen LogP contribution is 2.25. The van der Waals surface area contributed by atoms with Crippen LogP contribution in [-0.2, 0) is 0 Å². The molecule has 2 aromatic carbocycles. The maximum absolute atomic E-state index is 9.63. The Bertz CT molecular complexity index is 1020. The molecule has 0 spiro atoms. The topological polar surface area (TPSA) is 37.5 Å². The number of benzene rings is 2. The molecule has 4 aromatic rings. The standard InChI is InChI=1S/C21H17ClN2O/c1-14(25)15-2-4-16(5-3-15)18-8-11-21-23-20(13-24(21)12-18)17-6-9-19(22)10-7-17/h2-14,25H,1H3. The smallest absolute Gasteiger partial charge is 0.137 e. The molecule has 0 saturated carbocycles. The van der Waals surface area contributed by atoms with Gasteiger partial charge >= 0.3 is 0 Å². The molecule has 1 atom stereocenters. The van der Waals surface area contributed by atoms with E-state index in [1.807, 2.05) is 65.2 Å². The number of nitrogens with zero attached hydrogens (tertiary/aromatic N) is 2. The van der Waals surface area contributed by atoms with Crippen LogP contribution >= 0.6 is 11.6 Å². The third-order valence-corrected chi connectivity index (χ3v) is 4.57. The van der Waals surface area contributed by atoms with Crippen molar-refractivity contribution in [3.05, 3.63) is 83.6 Å². The number of pyridine rings is 1. The summed E-state index contributed by atoms with van der Waals surface area (Å²) in [5, 5.41) is 10.4. The van der Waals surface area contributed by atoms with Crippen LogP contribution in [0.4, 0.5) is 0 Å². The first kappa shape index (κ1) is 15.9. The lowest BCUT2D eigenvalue weighted by Gasteiger charge is -2.07. The highest BCUT2D eigenvalue weighted by Gasteiger charge is 2.07. The normalized spacial score (nSPS) is 12.4. The van der Waals surface area contributed by atoms with Crippen molar-refractivity contribution in [2.45, 2.75) is 13.0 Å². The number of hydrogen-bond acceptors (Lipinski definition) is 2. The second-order valence-corrected chi connectivity index (χ2v) is 6.55. The number of halogens is 1. The van der Waals surface area contributed by atoms with Crippen LogP contribution in [0.15, 0.2) is 73.1 Å². The summed E-state index contributed by atoms with van der Waals surface area (Å²) in [6.45, 7) is 1.77. The maximum Gasteiger partial charge on any atom is 0.137 e. The van der Waals surface area contributed by atoms with Gasteiger partial charge in [-0.25, -0.2) is 4.98 Å². The van der Waals surface area contributed by atoms with Gasteiger partial charge in [-0.3, -0.25) is 0 Å². The van der Waals surface area contributed by atoms with Crippen molar-refractivity contribution in [2.75, 3.05) is 0 Å². The Balaban J connectivity index is 1.71. The van der Waals surface area contributed by atoms with E-state index in [4.69, 9.17) is 11.6 Å². The minimum Gasteiger partial charge on any atom is -0.389 e. The summed E-state index contributed by atoms with van der Waals surface area (Å²) in [6.07, 6.45) is 3.64. The lowest BCUT2D eigenvalue weighted by molar-refractivity contribution is 0.199.